The van der Waals surface area contributed by atoms with E-state index in [0.717, 1.165) is 70.2 Å². The summed E-state index contributed by atoms with van der Waals surface area (Å²) in [7, 11) is 0. The Balaban J connectivity index is 1.40. The fourth-order valence-electron chi connectivity index (χ4n) is 6.68. The summed E-state index contributed by atoms with van der Waals surface area (Å²) < 4.78 is 1.86. The lowest BCUT2D eigenvalue weighted by atomic mass is 9.82. The van der Waals surface area contributed by atoms with Crippen molar-refractivity contribution in [3.63, 3.8) is 0 Å². The smallest absolute Gasteiger partial charge is 0.304 e. The molecule has 39 heavy (non-hydrogen) atoms. The van der Waals surface area contributed by atoms with Crippen molar-refractivity contribution in [2.45, 2.75) is 77.9 Å². The van der Waals surface area contributed by atoms with Crippen molar-refractivity contribution in [1.82, 2.24) is 19.9 Å². The number of hydrogen-bond donors (Lipinski definition) is 1. The maximum Gasteiger partial charge on any atom is 0.304 e. The van der Waals surface area contributed by atoms with Gasteiger partial charge in [-0.25, -0.2) is 4.68 Å². The predicted octanol–water partition coefficient (Wildman–Crippen LogP) is 5.89. The van der Waals surface area contributed by atoms with Crippen LogP contribution in [0.2, 0.25) is 0 Å². The molecule has 0 aliphatic carbocycles. The minimum atomic E-state index is -0.845. The average molecular weight is 523 g/mol. The molecule has 2 aliphatic rings. The minimum absolute atomic E-state index is 0.00585. The number of nitrogens with zero attached hydrogens (tertiary/aromatic N) is 4. The Morgan fingerprint density at radius 1 is 1.03 bits per heavy atom. The summed E-state index contributed by atoms with van der Waals surface area (Å²) in [6.07, 6.45) is 2.71. The highest BCUT2D eigenvalue weighted by Gasteiger charge is 2.43. The Kier molecular flexibility index (Phi) is 6.25. The van der Waals surface area contributed by atoms with Gasteiger partial charge in [0.15, 0.2) is 0 Å². The third-order valence-electron chi connectivity index (χ3n) is 8.91. The Morgan fingerprint density at radius 2 is 1.85 bits per heavy atom. The van der Waals surface area contributed by atoms with E-state index in [0.29, 0.717) is 0 Å². The topological polar surface area (TPSA) is 88.3 Å². The van der Waals surface area contributed by atoms with Crippen LogP contribution in [-0.4, -0.2) is 42.9 Å². The number of carbonyl (C=O) groups is 2. The molecule has 3 unspecified atom stereocenters. The van der Waals surface area contributed by atoms with Gasteiger partial charge in [0.1, 0.15) is 5.52 Å². The van der Waals surface area contributed by atoms with E-state index < -0.39 is 5.97 Å². The quantitative estimate of drug-likeness (QED) is 0.341. The molecule has 200 valence electrons. The number of carbonyl (C=O) groups excluding carboxylic acids is 1. The van der Waals surface area contributed by atoms with Crippen LogP contribution in [0.4, 0.5) is 0 Å². The van der Waals surface area contributed by atoms with Gasteiger partial charge >= 0.3 is 5.97 Å². The number of amides is 1. The van der Waals surface area contributed by atoms with Crippen LogP contribution < -0.4 is 0 Å². The van der Waals surface area contributed by atoms with Gasteiger partial charge in [0.25, 0.3) is 5.91 Å². The molecule has 1 aromatic heterocycles. The van der Waals surface area contributed by atoms with Gasteiger partial charge in [-0.05, 0) is 104 Å². The first-order valence-corrected chi connectivity index (χ1v) is 13.8. The van der Waals surface area contributed by atoms with Gasteiger partial charge in [0, 0.05) is 24.1 Å². The number of fused-ring (bicyclic) bond motifs is 5. The second-order valence-electron chi connectivity index (χ2n) is 11.1. The first-order chi connectivity index (χ1) is 18.8. The number of benzene rings is 3. The van der Waals surface area contributed by atoms with Crippen LogP contribution in [0, 0.1) is 20.8 Å². The van der Waals surface area contributed by atoms with Gasteiger partial charge in [-0.2, -0.15) is 0 Å². The lowest BCUT2D eigenvalue weighted by Gasteiger charge is -2.37. The highest BCUT2D eigenvalue weighted by atomic mass is 16.4. The van der Waals surface area contributed by atoms with Gasteiger partial charge in [-0.3, -0.25) is 9.59 Å². The second-order valence-corrected chi connectivity index (χ2v) is 11.1. The molecular weight excluding hydrogens is 488 g/mol. The third kappa shape index (κ3) is 4.20. The van der Waals surface area contributed by atoms with Crippen LogP contribution in [0.25, 0.3) is 11.0 Å². The number of carboxylic acid groups (broad SMARTS) is 1. The van der Waals surface area contributed by atoms with Gasteiger partial charge in [-0.1, -0.05) is 35.5 Å². The first-order valence-electron chi connectivity index (χ1n) is 13.8. The van der Waals surface area contributed by atoms with Crippen LogP contribution in [-0.2, 0) is 17.8 Å². The number of aromatic nitrogens is 3. The average Bonchev–Trinajstić information content (AvgIpc) is 3.49. The zero-order chi connectivity index (χ0) is 27.4. The van der Waals surface area contributed by atoms with Crippen LogP contribution in [0.15, 0.2) is 48.5 Å². The van der Waals surface area contributed by atoms with E-state index in [1.807, 2.05) is 55.8 Å². The maximum absolute atomic E-state index is 13.7. The lowest BCUT2D eigenvalue weighted by molar-refractivity contribution is -0.137. The molecule has 3 heterocycles. The van der Waals surface area contributed by atoms with E-state index >= 15 is 0 Å². The summed E-state index contributed by atoms with van der Waals surface area (Å²) in [5.41, 5.74) is 10.1. The predicted molar refractivity (Wildman–Crippen MR) is 150 cm³/mol. The van der Waals surface area contributed by atoms with Crippen molar-refractivity contribution in [1.29, 1.82) is 0 Å². The molecule has 1 amide bonds. The van der Waals surface area contributed by atoms with Gasteiger partial charge in [-0.15, -0.1) is 5.10 Å². The van der Waals surface area contributed by atoms with Crippen molar-refractivity contribution in [2.24, 2.45) is 0 Å². The second kappa shape index (κ2) is 9.63. The molecule has 6 rings (SSSR count). The van der Waals surface area contributed by atoms with Gasteiger partial charge < -0.3 is 10.0 Å². The summed E-state index contributed by atoms with van der Waals surface area (Å²) >= 11 is 0. The molecule has 0 radical (unpaired) electrons. The Bertz CT molecular complexity index is 1620. The van der Waals surface area contributed by atoms with Gasteiger partial charge in [0.2, 0.25) is 0 Å². The Morgan fingerprint density at radius 3 is 2.59 bits per heavy atom. The molecule has 3 aromatic carbocycles. The zero-order valence-corrected chi connectivity index (χ0v) is 22.9. The van der Waals surface area contributed by atoms with Crippen LogP contribution in [0.3, 0.4) is 0 Å². The number of carboxylic acids is 1. The summed E-state index contributed by atoms with van der Waals surface area (Å²) in [6.45, 7) is 8.86. The molecule has 2 aliphatic heterocycles. The highest BCUT2D eigenvalue weighted by Crippen LogP contribution is 2.46. The van der Waals surface area contributed by atoms with Crippen molar-refractivity contribution >= 4 is 22.9 Å². The van der Waals surface area contributed by atoms with E-state index in [1.165, 1.54) is 11.1 Å². The van der Waals surface area contributed by atoms with E-state index in [1.54, 1.807) is 0 Å². The molecule has 4 aromatic rings. The Labute approximate surface area is 228 Å². The summed E-state index contributed by atoms with van der Waals surface area (Å²) in [5, 5.41) is 18.6. The van der Waals surface area contributed by atoms with E-state index in [-0.39, 0.29) is 30.3 Å². The molecule has 2 bridgehead atoms. The van der Waals surface area contributed by atoms with Crippen molar-refractivity contribution in [3.8, 4) is 0 Å². The van der Waals surface area contributed by atoms with Crippen LogP contribution in [0.5, 0.6) is 0 Å². The van der Waals surface area contributed by atoms with Gasteiger partial charge in [0.05, 0.1) is 18.0 Å². The molecule has 0 spiro atoms. The number of hydrogen-bond acceptors (Lipinski definition) is 4. The zero-order valence-electron chi connectivity index (χ0n) is 22.9. The molecule has 3 atom stereocenters. The first kappa shape index (κ1) is 25.3. The molecule has 0 saturated carbocycles. The van der Waals surface area contributed by atoms with Crippen LogP contribution >= 0.6 is 0 Å². The SMILES string of the molecule is CCn1nnc2c(C)c(C(CC(=O)O)c3ccc4c(c3)C3CCC(C4)N3C(=O)c3ccc(C)c(C)c3)ccc21. The summed E-state index contributed by atoms with van der Waals surface area (Å²) in [5.74, 6) is -1.09. The standard InChI is InChI=1S/C32H34N4O3/c1-5-35-29-13-11-25(20(4)31(29)33-34-35)26(17-30(37)38)22-9-8-21-15-24-10-12-28(27(21)16-22)36(24)32(39)23-7-6-18(2)19(3)14-23/h6-9,11,13-14,16,24,26,28H,5,10,12,15,17H2,1-4H3,(H,37,38). The molecule has 7 heteroatoms. The number of rotatable bonds is 6. The largest absolute Gasteiger partial charge is 0.481 e. The van der Waals surface area contributed by atoms with E-state index in [9.17, 15) is 14.7 Å². The minimum Gasteiger partial charge on any atom is -0.481 e. The molecule has 1 saturated heterocycles. The molecular formula is C32H34N4O3. The fourth-order valence-corrected chi connectivity index (χ4v) is 6.68. The monoisotopic (exact) mass is 522 g/mol. The highest BCUT2D eigenvalue weighted by molar-refractivity contribution is 5.95. The fraction of sp³-hybridized carbons (Fsp3) is 0.375. The summed E-state index contributed by atoms with van der Waals surface area (Å²) in [6, 6.07) is 16.6. The van der Waals surface area contributed by atoms with Crippen molar-refractivity contribution in [2.75, 3.05) is 0 Å². The van der Waals surface area contributed by atoms with Crippen molar-refractivity contribution < 1.29 is 14.7 Å². The van der Waals surface area contributed by atoms with E-state index in [4.69, 9.17) is 0 Å². The number of aryl methyl sites for hydroxylation is 4. The summed E-state index contributed by atoms with van der Waals surface area (Å²) in [4.78, 5) is 27.9. The maximum atomic E-state index is 13.7. The Hall–Kier alpha value is -4.00. The lowest BCUT2D eigenvalue weighted by Crippen LogP contribution is -2.42. The molecule has 1 fully saturated rings. The normalized spacial score (nSPS) is 18.8. The molecule has 7 nitrogen and oxygen atoms in total. The number of aliphatic carboxylic acids is 1. The van der Waals surface area contributed by atoms with Crippen LogP contribution in [0.1, 0.15) is 87.4 Å². The molecule has 1 N–H and O–H groups in total. The van der Waals surface area contributed by atoms with Crippen molar-refractivity contribution in [3.05, 3.63) is 93.0 Å². The van der Waals surface area contributed by atoms with E-state index in [2.05, 4.69) is 40.3 Å². The third-order valence-corrected chi connectivity index (χ3v) is 8.91.